The SMILES string of the molecule is O=C(O)CCc1cc(-c2ccc(F)cc2)ns1. The monoisotopic (exact) mass is 251 g/mol. The number of carbonyl (C=O) groups is 1. The fourth-order valence-electron chi connectivity index (χ4n) is 1.42. The molecule has 0 atom stereocenters. The van der Waals surface area contributed by atoms with Crippen molar-refractivity contribution < 1.29 is 14.3 Å². The molecule has 2 aromatic rings. The van der Waals surface area contributed by atoms with Crippen LogP contribution in [0.4, 0.5) is 4.39 Å². The smallest absolute Gasteiger partial charge is 0.303 e. The third kappa shape index (κ3) is 3.10. The minimum atomic E-state index is -0.818. The van der Waals surface area contributed by atoms with Crippen LogP contribution in [0.15, 0.2) is 30.3 Å². The Bertz CT molecular complexity index is 522. The van der Waals surface area contributed by atoms with Gasteiger partial charge in [0.05, 0.1) is 12.1 Å². The summed E-state index contributed by atoms with van der Waals surface area (Å²) in [7, 11) is 0. The Hall–Kier alpha value is -1.75. The highest BCUT2D eigenvalue weighted by Gasteiger charge is 2.06. The second-order valence-corrected chi connectivity index (χ2v) is 4.47. The number of rotatable bonds is 4. The summed E-state index contributed by atoms with van der Waals surface area (Å²) in [5.41, 5.74) is 1.60. The van der Waals surface area contributed by atoms with Crippen LogP contribution in [-0.4, -0.2) is 15.4 Å². The fourth-order valence-corrected chi connectivity index (χ4v) is 2.15. The van der Waals surface area contributed by atoms with Crippen molar-refractivity contribution in [2.24, 2.45) is 0 Å². The summed E-state index contributed by atoms with van der Waals surface area (Å²) in [6.45, 7) is 0. The number of carboxylic acids is 1. The van der Waals surface area contributed by atoms with E-state index in [9.17, 15) is 9.18 Å². The van der Waals surface area contributed by atoms with Gasteiger partial charge in [-0.05, 0) is 48.3 Å². The predicted octanol–water partition coefficient (Wildman–Crippen LogP) is 2.97. The Morgan fingerprint density at radius 1 is 1.35 bits per heavy atom. The molecule has 0 radical (unpaired) electrons. The zero-order valence-corrected chi connectivity index (χ0v) is 9.71. The lowest BCUT2D eigenvalue weighted by atomic mass is 10.1. The molecule has 2 rings (SSSR count). The molecule has 0 fully saturated rings. The number of benzene rings is 1. The number of aromatic nitrogens is 1. The van der Waals surface area contributed by atoms with Crippen molar-refractivity contribution in [3.63, 3.8) is 0 Å². The lowest BCUT2D eigenvalue weighted by Crippen LogP contribution is -1.95. The minimum absolute atomic E-state index is 0.102. The van der Waals surface area contributed by atoms with Crippen LogP contribution in [0.2, 0.25) is 0 Å². The van der Waals surface area contributed by atoms with Gasteiger partial charge in [-0.25, -0.2) is 4.39 Å². The van der Waals surface area contributed by atoms with Gasteiger partial charge in [-0.15, -0.1) is 0 Å². The van der Waals surface area contributed by atoms with Gasteiger partial charge in [0.25, 0.3) is 0 Å². The van der Waals surface area contributed by atoms with Gasteiger partial charge in [0, 0.05) is 10.4 Å². The molecule has 0 aliphatic carbocycles. The molecular formula is C12H10FNO2S. The predicted molar refractivity (Wildman–Crippen MR) is 63.5 cm³/mol. The summed E-state index contributed by atoms with van der Waals surface area (Å²) in [6.07, 6.45) is 0.583. The quantitative estimate of drug-likeness (QED) is 0.908. The molecule has 3 nitrogen and oxygen atoms in total. The Balaban J connectivity index is 2.12. The summed E-state index contributed by atoms with van der Waals surface area (Å²) in [5, 5.41) is 8.57. The minimum Gasteiger partial charge on any atom is -0.481 e. The van der Waals surface area contributed by atoms with Crippen molar-refractivity contribution in [2.45, 2.75) is 12.8 Å². The van der Waals surface area contributed by atoms with E-state index >= 15 is 0 Å². The maximum atomic E-state index is 12.7. The molecule has 5 heteroatoms. The van der Waals surface area contributed by atoms with Crippen LogP contribution >= 0.6 is 11.5 Å². The molecule has 0 unspecified atom stereocenters. The number of hydrogen-bond donors (Lipinski definition) is 1. The molecule has 1 aromatic carbocycles. The van der Waals surface area contributed by atoms with Gasteiger partial charge in [0.15, 0.2) is 0 Å². The molecule has 1 heterocycles. The van der Waals surface area contributed by atoms with Crippen molar-refractivity contribution in [3.05, 3.63) is 41.0 Å². The lowest BCUT2D eigenvalue weighted by Gasteiger charge is -1.94. The molecular weight excluding hydrogens is 241 g/mol. The van der Waals surface area contributed by atoms with E-state index < -0.39 is 5.97 Å². The van der Waals surface area contributed by atoms with Crippen molar-refractivity contribution in [1.29, 1.82) is 0 Å². The maximum absolute atomic E-state index is 12.7. The number of nitrogens with zero attached hydrogens (tertiary/aromatic N) is 1. The van der Waals surface area contributed by atoms with Crippen LogP contribution in [0.3, 0.4) is 0 Å². The van der Waals surface area contributed by atoms with E-state index in [4.69, 9.17) is 5.11 Å². The van der Waals surface area contributed by atoms with Crippen molar-refractivity contribution in [3.8, 4) is 11.3 Å². The molecule has 0 saturated heterocycles. The van der Waals surface area contributed by atoms with Gasteiger partial charge >= 0.3 is 5.97 Å². The average molecular weight is 251 g/mol. The van der Waals surface area contributed by atoms with E-state index in [2.05, 4.69) is 4.37 Å². The van der Waals surface area contributed by atoms with Gasteiger partial charge < -0.3 is 5.11 Å². The Morgan fingerprint density at radius 2 is 2.06 bits per heavy atom. The van der Waals surface area contributed by atoms with Gasteiger partial charge in [-0.1, -0.05) is 0 Å². The van der Waals surface area contributed by atoms with E-state index in [0.717, 1.165) is 16.1 Å². The first-order chi connectivity index (χ1) is 8.15. The zero-order chi connectivity index (χ0) is 12.3. The molecule has 1 N–H and O–H groups in total. The summed E-state index contributed by atoms with van der Waals surface area (Å²) in [6, 6.07) is 7.93. The van der Waals surface area contributed by atoms with Crippen molar-refractivity contribution >= 4 is 17.5 Å². The van der Waals surface area contributed by atoms with Crippen LogP contribution in [-0.2, 0) is 11.2 Å². The highest BCUT2D eigenvalue weighted by Crippen LogP contribution is 2.22. The summed E-state index contributed by atoms with van der Waals surface area (Å²) in [5.74, 6) is -1.10. The average Bonchev–Trinajstić information content (AvgIpc) is 2.76. The Labute approximate surface area is 102 Å². The molecule has 0 spiro atoms. The Kier molecular flexibility index (Phi) is 3.49. The van der Waals surface area contributed by atoms with E-state index in [1.807, 2.05) is 6.07 Å². The normalized spacial score (nSPS) is 10.4. The van der Waals surface area contributed by atoms with Crippen LogP contribution in [0.25, 0.3) is 11.3 Å². The van der Waals surface area contributed by atoms with Crippen LogP contribution in [0.5, 0.6) is 0 Å². The highest BCUT2D eigenvalue weighted by molar-refractivity contribution is 7.06. The molecule has 0 saturated carbocycles. The molecule has 0 aliphatic heterocycles. The number of aryl methyl sites for hydroxylation is 1. The van der Waals surface area contributed by atoms with Crippen LogP contribution in [0.1, 0.15) is 11.3 Å². The molecule has 1 aromatic heterocycles. The van der Waals surface area contributed by atoms with Gasteiger partial charge in [0.2, 0.25) is 0 Å². The van der Waals surface area contributed by atoms with Crippen LogP contribution in [0, 0.1) is 5.82 Å². The van der Waals surface area contributed by atoms with E-state index in [0.29, 0.717) is 6.42 Å². The summed E-state index contributed by atoms with van der Waals surface area (Å²) < 4.78 is 17.0. The first-order valence-electron chi connectivity index (χ1n) is 5.08. The third-order valence-electron chi connectivity index (χ3n) is 2.28. The summed E-state index contributed by atoms with van der Waals surface area (Å²) in [4.78, 5) is 11.4. The number of halogens is 1. The largest absolute Gasteiger partial charge is 0.481 e. The number of aliphatic carboxylic acids is 1. The molecule has 0 aliphatic rings. The second kappa shape index (κ2) is 5.05. The van der Waals surface area contributed by atoms with Crippen LogP contribution < -0.4 is 0 Å². The maximum Gasteiger partial charge on any atom is 0.303 e. The first kappa shape index (κ1) is 11.7. The molecule has 0 amide bonds. The number of carboxylic acid groups (broad SMARTS) is 1. The molecule has 0 bridgehead atoms. The van der Waals surface area contributed by atoms with Crippen molar-refractivity contribution in [1.82, 2.24) is 4.37 Å². The molecule has 17 heavy (non-hydrogen) atoms. The van der Waals surface area contributed by atoms with E-state index in [1.54, 1.807) is 12.1 Å². The topological polar surface area (TPSA) is 50.2 Å². The third-order valence-corrected chi connectivity index (χ3v) is 3.13. The second-order valence-electron chi connectivity index (χ2n) is 3.58. The Morgan fingerprint density at radius 3 is 2.71 bits per heavy atom. The fraction of sp³-hybridized carbons (Fsp3) is 0.167. The van der Waals surface area contributed by atoms with E-state index in [-0.39, 0.29) is 12.2 Å². The van der Waals surface area contributed by atoms with E-state index in [1.165, 1.54) is 23.7 Å². The zero-order valence-electron chi connectivity index (χ0n) is 8.89. The standard InChI is InChI=1S/C12H10FNO2S/c13-9-3-1-8(2-4-9)11-7-10(17-14-11)5-6-12(15)16/h1-4,7H,5-6H2,(H,15,16). The molecule has 88 valence electrons. The summed E-state index contributed by atoms with van der Waals surface area (Å²) >= 11 is 1.28. The highest BCUT2D eigenvalue weighted by atomic mass is 32.1. The number of hydrogen-bond acceptors (Lipinski definition) is 3. The van der Waals surface area contributed by atoms with Gasteiger partial charge in [-0.2, -0.15) is 4.37 Å². The lowest BCUT2D eigenvalue weighted by molar-refractivity contribution is -0.136. The van der Waals surface area contributed by atoms with Gasteiger partial charge in [-0.3, -0.25) is 4.79 Å². The first-order valence-corrected chi connectivity index (χ1v) is 5.86. The van der Waals surface area contributed by atoms with Gasteiger partial charge in [0.1, 0.15) is 5.82 Å². The van der Waals surface area contributed by atoms with Crippen molar-refractivity contribution in [2.75, 3.05) is 0 Å².